The van der Waals surface area contributed by atoms with Crippen LogP contribution in [0.4, 0.5) is 0 Å². The smallest absolute Gasteiger partial charge is 0.357 e. The van der Waals surface area contributed by atoms with Crippen molar-refractivity contribution >= 4 is 0 Å². The molecule has 17 heavy (non-hydrogen) atoms. The molecule has 96 valence electrons. The first-order valence-corrected chi connectivity index (χ1v) is 5.03. The normalized spacial score (nSPS) is 38.2. The average Bonchev–Trinajstić information content (AvgIpc) is 2.73. The molecule has 2 heterocycles. The van der Waals surface area contributed by atoms with Crippen LogP contribution in [0.5, 0.6) is 0 Å². The summed E-state index contributed by atoms with van der Waals surface area (Å²) < 4.78 is 10.7. The second-order valence-corrected chi connectivity index (χ2v) is 3.81. The molecule has 0 bridgehead atoms. The molecule has 1 fully saturated rings. The molecular weight excluding hydrogens is 234 g/mol. The molecule has 0 amide bonds. The van der Waals surface area contributed by atoms with E-state index in [2.05, 4.69) is 4.52 Å². The Morgan fingerprint density at radius 3 is 2.47 bits per heavy atom. The molecule has 0 aromatic carbocycles. The van der Waals surface area contributed by atoms with Crippen LogP contribution in [0.3, 0.4) is 0 Å². The minimum Gasteiger partial charge on any atom is -0.394 e. The van der Waals surface area contributed by atoms with Crippen LogP contribution in [-0.2, 0) is 4.74 Å². The molecule has 0 radical (unpaired) electrons. The van der Waals surface area contributed by atoms with Gasteiger partial charge in [-0.1, -0.05) is 0 Å². The van der Waals surface area contributed by atoms with Gasteiger partial charge in [-0.3, -0.25) is 0 Å². The third kappa shape index (κ3) is 2.13. The van der Waals surface area contributed by atoms with Gasteiger partial charge in [0.1, 0.15) is 24.4 Å². The lowest BCUT2D eigenvalue weighted by atomic mass is 9.98. The standard InChI is InChI=1S/C9H13NO7/c11-3-4-6(13)7(14)8(15)9(16-4)10-2-1-5(12)17-10/h1-2,4,6-9,11,13-15H,3H2/t4-,6-,7+,8-,9-/m1/s1. The number of hydrogen-bond acceptors (Lipinski definition) is 7. The molecule has 0 aliphatic carbocycles. The predicted octanol–water partition coefficient (Wildman–Crippen LogP) is -2.59. The van der Waals surface area contributed by atoms with Crippen LogP contribution in [0.25, 0.3) is 0 Å². The fraction of sp³-hybridized carbons (Fsp3) is 0.667. The van der Waals surface area contributed by atoms with E-state index >= 15 is 0 Å². The Bertz CT molecular complexity index is 425. The van der Waals surface area contributed by atoms with E-state index in [0.717, 1.165) is 10.8 Å². The molecule has 8 nitrogen and oxygen atoms in total. The molecule has 5 atom stereocenters. The zero-order valence-corrected chi connectivity index (χ0v) is 8.71. The summed E-state index contributed by atoms with van der Waals surface area (Å²) in [6, 6.07) is 1.11. The van der Waals surface area contributed by atoms with Crippen molar-refractivity contribution in [1.82, 2.24) is 4.74 Å². The summed E-state index contributed by atoms with van der Waals surface area (Å²) in [5, 5.41) is 37.7. The van der Waals surface area contributed by atoms with Crippen molar-refractivity contribution in [3.63, 3.8) is 0 Å². The van der Waals surface area contributed by atoms with Gasteiger partial charge in [-0.15, -0.1) is 0 Å². The van der Waals surface area contributed by atoms with E-state index in [9.17, 15) is 20.1 Å². The van der Waals surface area contributed by atoms with Gasteiger partial charge in [-0.25, -0.2) is 4.79 Å². The van der Waals surface area contributed by atoms with Gasteiger partial charge in [0.05, 0.1) is 6.61 Å². The third-order valence-corrected chi connectivity index (χ3v) is 2.67. The van der Waals surface area contributed by atoms with Gasteiger partial charge in [0.25, 0.3) is 0 Å². The lowest BCUT2D eigenvalue weighted by Crippen LogP contribution is -2.56. The SMILES string of the molecule is O=c1ccn([C@@H]2O[C@H](CO)[C@@H](O)[C@H](O)[C@H]2O)o1. The summed E-state index contributed by atoms with van der Waals surface area (Å²) >= 11 is 0. The number of aliphatic hydroxyl groups excluding tert-OH is 4. The van der Waals surface area contributed by atoms with Gasteiger partial charge in [-0.05, 0) is 0 Å². The topological polar surface area (TPSA) is 125 Å². The summed E-state index contributed by atoms with van der Waals surface area (Å²) in [5.74, 6) is 0. The molecule has 8 heteroatoms. The quantitative estimate of drug-likeness (QED) is 0.452. The van der Waals surface area contributed by atoms with Crippen LogP contribution in [0.15, 0.2) is 21.6 Å². The third-order valence-electron chi connectivity index (χ3n) is 2.67. The van der Waals surface area contributed by atoms with Crippen molar-refractivity contribution in [3.05, 3.63) is 22.7 Å². The average molecular weight is 247 g/mol. The fourth-order valence-corrected chi connectivity index (χ4v) is 1.73. The monoisotopic (exact) mass is 247 g/mol. The summed E-state index contributed by atoms with van der Waals surface area (Å²) in [6.07, 6.45) is -5.38. The highest BCUT2D eigenvalue weighted by Crippen LogP contribution is 2.27. The summed E-state index contributed by atoms with van der Waals surface area (Å²) in [5.41, 5.74) is -0.637. The molecule has 1 aliphatic heterocycles. The Balaban J connectivity index is 2.25. The highest BCUT2D eigenvalue weighted by molar-refractivity contribution is 4.91. The largest absolute Gasteiger partial charge is 0.394 e. The molecule has 4 N–H and O–H groups in total. The van der Waals surface area contributed by atoms with Gasteiger partial charge in [-0.2, -0.15) is 4.74 Å². The molecule has 0 spiro atoms. The zero-order valence-electron chi connectivity index (χ0n) is 8.71. The van der Waals surface area contributed by atoms with Crippen molar-refractivity contribution in [2.75, 3.05) is 6.61 Å². The highest BCUT2D eigenvalue weighted by atomic mass is 16.6. The van der Waals surface area contributed by atoms with Gasteiger partial charge in [0.2, 0.25) is 0 Å². The number of rotatable bonds is 2. The Hall–Kier alpha value is -1.19. The van der Waals surface area contributed by atoms with Crippen LogP contribution in [0.2, 0.25) is 0 Å². The number of hydrogen-bond donors (Lipinski definition) is 4. The molecule has 0 unspecified atom stereocenters. The lowest BCUT2D eigenvalue weighted by molar-refractivity contribution is -0.264. The Morgan fingerprint density at radius 1 is 1.24 bits per heavy atom. The summed E-state index contributed by atoms with van der Waals surface area (Å²) in [7, 11) is 0. The minimum absolute atomic E-state index is 0.535. The van der Waals surface area contributed by atoms with Crippen molar-refractivity contribution in [3.8, 4) is 0 Å². The van der Waals surface area contributed by atoms with Crippen LogP contribution >= 0.6 is 0 Å². The zero-order chi connectivity index (χ0) is 12.6. The first kappa shape index (κ1) is 12.3. The maximum atomic E-state index is 10.9. The first-order chi connectivity index (χ1) is 8.04. The van der Waals surface area contributed by atoms with Crippen molar-refractivity contribution in [2.45, 2.75) is 30.6 Å². The molecular formula is C9H13NO7. The van der Waals surface area contributed by atoms with E-state index in [4.69, 9.17) is 9.84 Å². The molecule has 0 saturated carbocycles. The molecule has 1 aliphatic rings. The maximum absolute atomic E-state index is 10.9. The van der Waals surface area contributed by atoms with E-state index in [1.807, 2.05) is 0 Å². The second kappa shape index (κ2) is 4.59. The Morgan fingerprint density at radius 2 is 1.94 bits per heavy atom. The first-order valence-electron chi connectivity index (χ1n) is 5.03. The molecule has 1 aromatic rings. The second-order valence-electron chi connectivity index (χ2n) is 3.81. The number of aromatic nitrogens is 1. The maximum Gasteiger partial charge on any atom is 0.357 e. The van der Waals surface area contributed by atoms with Crippen molar-refractivity contribution in [2.24, 2.45) is 0 Å². The van der Waals surface area contributed by atoms with Crippen LogP contribution in [0.1, 0.15) is 6.23 Å². The van der Waals surface area contributed by atoms with Gasteiger partial charge in [0.15, 0.2) is 6.23 Å². The Labute approximate surface area is 95.2 Å². The van der Waals surface area contributed by atoms with E-state index in [-0.39, 0.29) is 0 Å². The predicted molar refractivity (Wildman–Crippen MR) is 52.0 cm³/mol. The molecule has 1 saturated heterocycles. The van der Waals surface area contributed by atoms with Gasteiger partial charge < -0.3 is 29.7 Å². The summed E-state index contributed by atoms with van der Waals surface area (Å²) in [6.45, 7) is -0.535. The number of aliphatic hydroxyl groups is 4. The minimum atomic E-state index is -1.50. The van der Waals surface area contributed by atoms with E-state index < -0.39 is 42.9 Å². The number of nitrogens with zero attached hydrogens (tertiary/aromatic N) is 1. The van der Waals surface area contributed by atoms with E-state index in [0.29, 0.717) is 0 Å². The van der Waals surface area contributed by atoms with Gasteiger partial charge in [0, 0.05) is 12.3 Å². The van der Waals surface area contributed by atoms with Crippen LogP contribution in [-0.4, -0.2) is 56.2 Å². The van der Waals surface area contributed by atoms with Gasteiger partial charge >= 0.3 is 5.63 Å². The lowest BCUT2D eigenvalue weighted by Gasteiger charge is -2.39. The van der Waals surface area contributed by atoms with Crippen molar-refractivity contribution in [1.29, 1.82) is 0 Å². The Kier molecular flexibility index (Phi) is 3.31. The summed E-state index contributed by atoms with van der Waals surface area (Å²) in [4.78, 5) is 10.9. The van der Waals surface area contributed by atoms with E-state index in [1.165, 1.54) is 6.20 Å². The van der Waals surface area contributed by atoms with Crippen LogP contribution < -0.4 is 5.63 Å². The highest BCUT2D eigenvalue weighted by Gasteiger charge is 2.44. The molecule has 1 aromatic heterocycles. The van der Waals surface area contributed by atoms with Crippen LogP contribution in [0, 0.1) is 0 Å². The fourth-order valence-electron chi connectivity index (χ4n) is 1.73. The number of ether oxygens (including phenoxy) is 1. The van der Waals surface area contributed by atoms with Crippen molar-refractivity contribution < 1.29 is 29.7 Å². The molecule has 2 rings (SSSR count). The van der Waals surface area contributed by atoms with E-state index in [1.54, 1.807) is 0 Å².